The van der Waals surface area contributed by atoms with E-state index in [0.717, 1.165) is 25.9 Å². The normalized spacial score (nSPS) is 11.8. The summed E-state index contributed by atoms with van der Waals surface area (Å²) in [6.07, 6.45) is 1.85. The van der Waals surface area contributed by atoms with E-state index < -0.39 is 5.60 Å². The maximum atomic E-state index is 9.58. The number of rotatable bonds is 6. The van der Waals surface area contributed by atoms with E-state index in [1.54, 1.807) is 0 Å². The third kappa shape index (κ3) is 4.77. The lowest BCUT2D eigenvalue weighted by atomic mass is 10.0. The molecule has 2 nitrogen and oxygen atoms in total. The number of aliphatic hydroxyl groups is 1. The Morgan fingerprint density at radius 3 is 2.38 bits per heavy atom. The SMILES string of the molecule is CCc1ccccc1CNCCC(C)(C)O. The first kappa shape index (κ1) is 13.2. The zero-order chi connectivity index (χ0) is 12.0. The number of hydrogen-bond donors (Lipinski definition) is 2. The highest BCUT2D eigenvalue weighted by Crippen LogP contribution is 2.10. The van der Waals surface area contributed by atoms with E-state index in [4.69, 9.17) is 0 Å². The molecule has 1 rings (SSSR count). The molecule has 0 aliphatic heterocycles. The molecule has 0 aliphatic carbocycles. The van der Waals surface area contributed by atoms with Crippen molar-refractivity contribution >= 4 is 0 Å². The highest BCUT2D eigenvalue weighted by Gasteiger charge is 2.10. The van der Waals surface area contributed by atoms with Gasteiger partial charge in [-0.2, -0.15) is 0 Å². The summed E-state index contributed by atoms with van der Waals surface area (Å²) < 4.78 is 0. The Labute approximate surface area is 98.7 Å². The monoisotopic (exact) mass is 221 g/mol. The van der Waals surface area contributed by atoms with Gasteiger partial charge in [0, 0.05) is 6.54 Å². The van der Waals surface area contributed by atoms with Gasteiger partial charge in [-0.15, -0.1) is 0 Å². The van der Waals surface area contributed by atoms with Crippen molar-refractivity contribution in [3.05, 3.63) is 35.4 Å². The molecule has 90 valence electrons. The van der Waals surface area contributed by atoms with Gasteiger partial charge in [0.25, 0.3) is 0 Å². The molecule has 1 aromatic carbocycles. The molecular weight excluding hydrogens is 198 g/mol. The van der Waals surface area contributed by atoms with Crippen LogP contribution in [0, 0.1) is 0 Å². The molecule has 0 heterocycles. The molecule has 0 bridgehead atoms. The zero-order valence-electron chi connectivity index (χ0n) is 10.6. The van der Waals surface area contributed by atoms with E-state index in [1.807, 2.05) is 13.8 Å². The second kappa shape index (κ2) is 6.02. The smallest absolute Gasteiger partial charge is 0.0603 e. The Bertz CT molecular complexity index is 315. The summed E-state index contributed by atoms with van der Waals surface area (Å²) in [6, 6.07) is 8.49. The fourth-order valence-corrected chi connectivity index (χ4v) is 1.69. The van der Waals surface area contributed by atoms with Crippen molar-refractivity contribution in [1.82, 2.24) is 5.32 Å². The van der Waals surface area contributed by atoms with Gasteiger partial charge in [0.1, 0.15) is 0 Å². The second-order valence-electron chi connectivity index (χ2n) is 4.86. The van der Waals surface area contributed by atoms with Gasteiger partial charge < -0.3 is 10.4 Å². The summed E-state index contributed by atoms with van der Waals surface area (Å²) >= 11 is 0. The molecule has 0 saturated carbocycles. The molecule has 0 aliphatic rings. The minimum atomic E-state index is -0.572. The van der Waals surface area contributed by atoms with Crippen LogP contribution in [0.3, 0.4) is 0 Å². The lowest BCUT2D eigenvalue weighted by Crippen LogP contribution is -2.26. The highest BCUT2D eigenvalue weighted by atomic mass is 16.3. The van der Waals surface area contributed by atoms with E-state index in [1.165, 1.54) is 11.1 Å². The van der Waals surface area contributed by atoms with Crippen LogP contribution in [0.1, 0.15) is 38.3 Å². The fourth-order valence-electron chi connectivity index (χ4n) is 1.69. The van der Waals surface area contributed by atoms with Crippen LogP contribution in [0.5, 0.6) is 0 Å². The molecule has 2 N–H and O–H groups in total. The van der Waals surface area contributed by atoms with Crippen LogP contribution in [0.15, 0.2) is 24.3 Å². The Kier molecular flexibility index (Phi) is 4.97. The Hall–Kier alpha value is -0.860. The third-order valence-corrected chi connectivity index (χ3v) is 2.73. The maximum absolute atomic E-state index is 9.58. The molecule has 0 unspecified atom stereocenters. The van der Waals surface area contributed by atoms with Crippen molar-refractivity contribution in [3.8, 4) is 0 Å². The highest BCUT2D eigenvalue weighted by molar-refractivity contribution is 5.26. The van der Waals surface area contributed by atoms with Crippen LogP contribution in [-0.2, 0) is 13.0 Å². The molecule has 0 spiro atoms. The number of aryl methyl sites for hydroxylation is 1. The lowest BCUT2D eigenvalue weighted by Gasteiger charge is -2.17. The van der Waals surface area contributed by atoms with E-state index >= 15 is 0 Å². The quantitative estimate of drug-likeness (QED) is 0.723. The van der Waals surface area contributed by atoms with E-state index in [2.05, 4.69) is 36.5 Å². The van der Waals surface area contributed by atoms with Crippen molar-refractivity contribution in [2.75, 3.05) is 6.54 Å². The first-order chi connectivity index (χ1) is 7.53. The summed E-state index contributed by atoms with van der Waals surface area (Å²) in [5.41, 5.74) is 2.19. The van der Waals surface area contributed by atoms with E-state index in [9.17, 15) is 5.11 Å². The van der Waals surface area contributed by atoms with Gasteiger partial charge in [0.15, 0.2) is 0 Å². The van der Waals surface area contributed by atoms with E-state index in [0.29, 0.717) is 0 Å². The Morgan fingerprint density at radius 1 is 1.19 bits per heavy atom. The van der Waals surface area contributed by atoms with Crippen LogP contribution in [0.25, 0.3) is 0 Å². The van der Waals surface area contributed by atoms with Crippen molar-refractivity contribution in [1.29, 1.82) is 0 Å². The molecule has 1 aromatic rings. The number of hydrogen-bond acceptors (Lipinski definition) is 2. The predicted molar refractivity (Wildman–Crippen MR) is 68.4 cm³/mol. The molecule has 0 saturated heterocycles. The summed E-state index contributed by atoms with van der Waals surface area (Å²) in [6.45, 7) is 7.60. The van der Waals surface area contributed by atoms with Gasteiger partial charge >= 0.3 is 0 Å². The lowest BCUT2D eigenvalue weighted by molar-refractivity contribution is 0.0711. The molecule has 0 fully saturated rings. The van der Waals surface area contributed by atoms with Gasteiger partial charge in [0.2, 0.25) is 0 Å². The molecule has 0 aromatic heterocycles. The molecule has 0 radical (unpaired) electrons. The molecule has 2 heteroatoms. The van der Waals surface area contributed by atoms with Crippen LogP contribution in [0.2, 0.25) is 0 Å². The van der Waals surface area contributed by atoms with Gasteiger partial charge in [0.05, 0.1) is 5.60 Å². The van der Waals surface area contributed by atoms with Gasteiger partial charge in [-0.05, 0) is 44.4 Å². The molecular formula is C14H23NO. The summed E-state index contributed by atoms with van der Waals surface area (Å²) in [5.74, 6) is 0. The third-order valence-electron chi connectivity index (χ3n) is 2.73. The van der Waals surface area contributed by atoms with Crippen molar-refractivity contribution in [2.45, 2.75) is 45.8 Å². The first-order valence-electron chi connectivity index (χ1n) is 6.03. The predicted octanol–water partition coefficient (Wildman–Crippen LogP) is 2.50. The first-order valence-corrected chi connectivity index (χ1v) is 6.03. The van der Waals surface area contributed by atoms with Gasteiger partial charge in [-0.3, -0.25) is 0 Å². The van der Waals surface area contributed by atoms with E-state index in [-0.39, 0.29) is 0 Å². The fraction of sp³-hybridized carbons (Fsp3) is 0.571. The molecule has 16 heavy (non-hydrogen) atoms. The van der Waals surface area contributed by atoms with Crippen molar-refractivity contribution in [3.63, 3.8) is 0 Å². The summed E-state index contributed by atoms with van der Waals surface area (Å²) in [7, 11) is 0. The summed E-state index contributed by atoms with van der Waals surface area (Å²) in [4.78, 5) is 0. The van der Waals surface area contributed by atoms with Crippen LogP contribution in [0.4, 0.5) is 0 Å². The second-order valence-corrected chi connectivity index (χ2v) is 4.86. The van der Waals surface area contributed by atoms with Crippen LogP contribution in [-0.4, -0.2) is 17.3 Å². The topological polar surface area (TPSA) is 32.3 Å². The number of nitrogens with one attached hydrogen (secondary N) is 1. The van der Waals surface area contributed by atoms with Crippen molar-refractivity contribution in [2.24, 2.45) is 0 Å². The summed E-state index contributed by atoms with van der Waals surface area (Å²) in [5, 5.41) is 12.9. The number of benzene rings is 1. The average Bonchev–Trinajstić information content (AvgIpc) is 2.23. The standard InChI is InChI=1S/C14H23NO/c1-4-12-7-5-6-8-13(12)11-15-10-9-14(2,3)16/h5-8,15-16H,4,9-11H2,1-3H3. The molecule has 0 amide bonds. The average molecular weight is 221 g/mol. The maximum Gasteiger partial charge on any atom is 0.0603 e. The minimum absolute atomic E-state index is 0.572. The Balaban J connectivity index is 2.37. The largest absolute Gasteiger partial charge is 0.390 e. The zero-order valence-corrected chi connectivity index (χ0v) is 10.6. The van der Waals surface area contributed by atoms with Gasteiger partial charge in [-0.1, -0.05) is 31.2 Å². The van der Waals surface area contributed by atoms with Crippen LogP contribution >= 0.6 is 0 Å². The Morgan fingerprint density at radius 2 is 1.81 bits per heavy atom. The van der Waals surface area contributed by atoms with Crippen molar-refractivity contribution < 1.29 is 5.11 Å². The van der Waals surface area contributed by atoms with Crippen LogP contribution < -0.4 is 5.32 Å². The van der Waals surface area contributed by atoms with Gasteiger partial charge in [-0.25, -0.2) is 0 Å². The molecule has 0 atom stereocenters. The minimum Gasteiger partial charge on any atom is -0.390 e.